The molecule has 0 fully saturated rings. The molecule has 0 aliphatic carbocycles. The molecule has 0 saturated heterocycles. The van der Waals surface area contributed by atoms with Gasteiger partial charge in [0.05, 0.1) is 26.5 Å². The Kier molecular flexibility index (Phi) is 5.19. The van der Waals surface area contributed by atoms with E-state index in [2.05, 4.69) is 5.32 Å². The van der Waals surface area contributed by atoms with Crippen LogP contribution in [0.15, 0.2) is 36.4 Å². The Morgan fingerprint density at radius 3 is 2.52 bits per heavy atom. The average molecular weight is 345 g/mol. The molecule has 0 saturated carbocycles. The molecule has 1 aliphatic heterocycles. The van der Waals surface area contributed by atoms with Crippen LogP contribution in [0.2, 0.25) is 0 Å². The highest BCUT2D eigenvalue weighted by atomic mass is 19.1. The molecule has 3 rings (SSSR count). The van der Waals surface area contributed by atoms with Gasteiger partial charge in [0.15, 0.2) is 18.0 Å². The quantitative estimate of drug-likeness (QED) is 0.862. The Morgan fingerprint density at radius 2 is 1.84 bits per heavy atom. The highest BCUT2D eigenvalue weighted by molar-refractivity contribution is 5.91. The zero-order valence-electron chi connectivity index (χ0n) is 14.4. The van der Waals surface area contributed by atoms with Crippen molar-refractivity contribution in [3.63, 3.8) is 0 Å². The number of quaternary nitrogens is 1. The van der Waals surface area contributed by atoms with Crippen LogP contribution in [0.3, 0.4) is 0 Å². The van der Waals surface area contributed by atoms with Gasteiger partial charge in [0.2, 0.25) is 0 Å². The minimum Gasteiger partial charge on any atom is -0.493 e. The van der Waals surface area contributed by atoms with Gasteiger partial charge >= 0.3 is 0 Å². The van der Waals surface area contributed by atoms with Crippen molar-refractivity contribution in [3.05, 3.63) is 53.3 Å². The van der Waals surface area contributed by atoms with Crippen LogP contribution in [0.4, 0.5) is 10.1 Å². The Hall–Kier alpha value is -2.60. The number of anilines is 1. The Balaban J connectivity index is 1.66. The first kappa shape index (κ1) is 17.2. The van der Waals surface area contributed by atoms with Crippen molar-refractivity contribution < 1.29 is 23.6 Å². The Labute approximate surface area is 146 Å². The van der Waals surface area contributed by atoms with Crippen LogP contribution in [0.5, 0.6) is 11.5 Å². The number of fused-ring (bicyclic) bond motifs is 1. The number of amides is 1. The van der Waals surface area contributed by atoms with Gasteiger partial charge in [-0.1, -0.05) is 12.1 Å². The first-order chi connectivity index (χ1) is 12.1. The van der Waals surface area contributed by atoms with Crippen LogP contribution in [-0.4, -0.2) is 33.2 Å². The summed E-state index contributed by atoms with van der Waals surface area (Å²) < 4.78 is 24.3. The standard InChI is InChI=1S/C19H21FN2O3/c1-24-17-9-13-7-8-22(11-14(13)10-18(17)25-2)12-19(23)21-16-6-4-3-5-15(16)20/h3-6,9-10H,7-8,11-12H2,1-2H3,(H,21,23)/p+1. The van der Waals surface area contributed by atoms with Gasteiger partial charge in [-0.3, -0.25) is 4.79 Å². The van der Waals surface area contributed by atoms with Crippen molar-refractivity contribution in [1.82, 2.24) is 0 Å². The molecule has 2 N–H and O–H groups in total. The normalized spacial score (nSPS) is 16.0. The number of carbonyl (C=O) groups excluding carboxylic acids is 1. The van der Waals surface area contributed by atoms with Gasteiger partial charge in [-0.05, 0) is 29.8 Å². The first-order valence-electron chi connectivity index (χ1n) is 8.22. The third-order valence-corrected chi connectivity index (χ3v) is 4.45. The van der Waals surface area contributed by atoms with E-state index < -0.39 is 5.82 Å². The number of rotatable bonds is 5. The number of carbonyl (C=O) groups is 1. The summed E-state index contributed by atoms with van der Waals surface area (Å²) in [4.78, 5) is 13.4. The summed E-state index contributed by atoms with van der Waals surface area (Å²) in [7, 11) is 3.23. The fourth-order valence-corrected chi connectivity index (χ4v) is 3.16. The van der Waals surface area contributed by atoms with E-state index in [9.17, 15) is 9.18 Å². The lowest BCUT2D eigenvalue weighted by atomic mass is 9.99. The van der Waals surface area contributed by atoms with Crippen molar-refractivity contribution >= 4 is 11.6 Å². The molecule has 1 aliphatic rings. The van der Waals surface area contributed by atoms with Crippen molar-refractivity contribution in [2.75, 3.05) is 32.6 Å². The summed E-state index contributed by atoms with van der Waals surface area (Å²) in [5.41, 5.74) is 2.59. The molecule has 6 heteroatoms. The monoisotopic (exact) mass is 345 g/mol. The van der Waals surface area contributed by atoms with E-state index in [4.69, 9.17) is 9.47 Å². The number of nitrogens with one attached hydrogen (secondary N) is 2. The maximum Gasteiger partial charge on any atom is 0.279 e. The number of para-hydroxylation sites is 1. The lowest BCUT2D eigenvalue weighted by molar-refractivity contribution is -0.907. The fourth-order valence-electron chi connectivity index (χ4n) is 3.16. The van der Waals surface area contributed by atoms with E-state index in [0.29, 0.717) is 12.3 Å². The van der Waals surface area contributed by atoms with E-state index in [1.807, 2.05) is 12.1 Å². The third kappa shape index (κ3) is 3.91. The molecule has 1 unspecified atom stereocenters. The number of hydrogen-bond acceptors (Lipinski definition) is 3. The van der Waals surface area contributed by atoms with Crippen LogP contribution < -0.4 is 19.7 Å². The van der Waals surface area contributed by atoms with Crippen LogP contribution in [0.25, 0.3) is 0 Å². The molecule has 1 heterocycles. The van der Waals surface area contributed by atoms with Crippen LogP contribution >= 0.6 is 0 Å². The zero-order chi connectivity index (χ0) is 17.8. The second-order valence-electron chi connectivity index (χ2n) is 6.11. The molecule has 25 heavy (non-hydrogen) atoms. The highest BCUT2D eigenvalue weighted by Gasteiger charge is 2.24. The number of halogens is 1. The summed E-state index contributed by atoms with van der Waals surface area (Å²) in [6.07, 6.45) is 0.859. The van der Waals surface area contributed by atoms with Crippen molar-refractivity contribution in [2.24, 2.45) is 0 Å². The number of benzene rings is 2. The largest absolute Gasteiger partial charge is 0.493 e. The van der Waals surface area contributed by atoms with Gasteiger partial charge < -0.3 is 19.7 Å². The SMILES string of the molecule is COc1cc2c(cc1OC)C[NH+](CC(=O)Nc1ccccc1F)CC2. The van der Waals surface area contributed by atoms with Gasteiger partial charge in [0.1, 0.15) is 12.4 Å². The molecule has 132 valence electrons. The minimum atomic E-state index is -0.424. The van der Waals surface area contributed by atoms with E-state index in [0.717, 1.165) is 35.7 Å². The third-order valence-electron chi connectivity index (χ3n) is 4.45. The number of ether oxygens (including phenoxy) is 2. The smallest absolute Gasteiger partial charge is 0.279 e. The molecule has 0 aromatic heterocycles. The predicted octanol–water partition coefficient (Wildman–Crippen LogP) is 1.42. The van der Waals surface area contributed by atoms with Gasteiger partial charge in [-0.15, -0.1) is 0 Å². The second kappa shape index (κ2) is 7.53. The average Bonchev–Trinajstić information content (AvgIpc) is 2.62. The summed E-state index contributed by atoms with van der Waals surface area (Å²) in [6.45, 7) is 1.86. The van der Waals surface area contributed by atoms with Gasteiger partial charge in [-0.25, -0.2) is 4.39 Å². The van der Waals surface area contributed by atoms with Crippen molar-refractivity contribution in [3.8, 4) is 11.5 Å². The summed E-state index contributed by atoms with van der Waals surface area (Å²) >= 11 is 0. The molecule has 2 aromatic carbocycles. The Morgan fingerprint density at radius 1 is 1.16 bits per heavy atom. The van der Waals surface area contributed by atoms with Crippen LogP contribution in [0.1, 0.15) is 11.1 Å². The van der Waals surface area contributed by atoms with E-state index in [-0.39, 0.29) is 11.6 Å². The molecule has 5 nitrogen and oxygen atoms in total. The molecule has 1 amide bonds. The predicted molar refractivity (Wildman–Crippen MR) is 92.7 cm³/mol. The summed E-state index contributed by atoms with van der Waals surface area (Å²) in [6, 6.07) is 10.2. The lowest BCUT2D eigenvalue weighted by Gasteiger charge is -2.26. The maximum absolute atomic E-state index is 13.6. The summed E-state index contributed by atoms with van der Waals surface area (Å²) in [5.74, 6) is 0.802. The first-order valence-corrected chi connectivity index (χ1v) is 8.22. The molecule has 0 spiro atoms. The molecule has 2 aromatic rings. The molecule has 0 radical (unpaired) electrons. The van der Waals surface area contributed by atoms with Gasteiger partial charge in [0, 0.05) is 12.0 Å². The highest BCUT2D eigenvalue weighted by Crippen LogP contribution is 2.31. The lowest BCUT2D eigenvalue weighted by Crippen LogP contribution is -3.12. The van der Waals surface area contributed by atoms with E-state index >= 15 is 0 Å². The second-order valence-corrected chi connectivity index (χ2v) is 6.11. The number of methoxy groups -OCH3 is 2. The summed E-state index contributed by atoms with van der Waals surface area (Å²) in [5, 5.41) is 2.64. The molecule has 1 atom stereocenters. The number of hydrogen-bond donors (Lipinski definition) is 2. The molecular weight excluding hydrogens is 323 g/mol. The van der Waals surface area contributed by atoms with E-state index in [1.54, 1.807) is 32.4 Å². The molecule has 0 bridgehead atoms. The fraction of sp³-hybridized carbons (Fsp3) is 0.316. The molecular formula is C19H22FN2O3+. The van der Waals surface area contributed by atoms with Gasteiger partial charge in [-0.2, -0.15) is 0 Å². The van der Waals surface area contributed by atoms with Crippen LogP contribution in [-0.2, 0) is 17.8 Å². The topological polar surface area (TPSA) is 52.0 Å². The van der Waals surface area contributed by atoms with Crippen LogP contribution in [0, 0.1) is 5.82 Å². The maximum atomic E-state index is 13.6. The van der Waals surface area contributed by atoms with E-state index in [1.165, 1.54) is 11.6 Å². The zero-order valence-corrected chi connectivity index (χ0v) is 14.4. The minimum absolute atomic E-state index is 0.191. The Bertz CT molecular complexity index is 779. The van der Waals surface area contributed by atoms with Crippen molar-refractivity contribution in [2.45, 2.75) is 13.0 Å². The van der Waals surface area contributed by atoms with Gasteiger partial charge in [0.25, 0.3) is 5.91 Å². The van der Waals surface area contributed by atoms with Crippen molar-refractivity contribution in [1.29, 1.82) is 0 Å².